The second-order valence-electron chi connectivity index (χ2n) is 7.05. The first kappa shape index (κ1) is 20.7. The van der Waals surface area contributed by atoms with Gasteiger partial charge in [-0.1, -0.05) is 24.3 Å². The van der Waals surface area contributed by atoms with E-state index in [1.54, 1.807) is 12.1 Å². The first-order chi connectivity index (χ1) is 13.8. The molecular formula is C22H23N3O3S. The van der Waals surface area contributed by atoms with E-state index in [9.17, 15) is 14.4 Å². The molecule has 0 atom stereocenters. The smallest absolute Gasteiger partial charge is 0.294 e. The molecule has 0 unspecified atom stereocenters. The Balaban J connectivity index is 1.70. The molecule has 1 fully saturated rings. The SMILES string of the molecule is Cc1cccc(NC(=O)CN2C(=O)S/C(=C/c3ccc(N(C)C)cc3)C2=O)c1C. The van der Waals surface area contributed by atoms with Gasteiger partial charge in [-0.2, -0.15) is 0 Å². The predicted molar refractivity (Wildman–Crippen MR) is 118 cm³/mol. The van der Waals surface area contributed by atoms with Crippen LogP contribution in [0.4, 0.5) is 16.2 Å². The predicted octanol–water partition coefficient (Wildman–Crippen LogP) is 4.04. The van der Waals surface area contributed by atoms with E-state index in [1.807, 2.05) is 69.2 Å². The fraction of sp³-hybridized carbons (Fsp3) is 0.227. The van der Waals surface area contributed by atoms with Crippen molar-refractivity contribution in [3.8, 4) is 0 Å². The Labute approximate surface area is 174 Å². The lowest BCUT2D eigenvalue weighted by atomic mass is 10.1. The topological polar surface area (TPSA) is 69.7 Å². The van der Waals surface area contributed by atoms with Crippen molar-refractivity contribution >= 4 is 46.3 Å². The average molecular weight is 410 g/mol. The van der Waals surface area contributed by atoms with Gasteiger partial charge in [0.2, 0.25) is 5.91 Å². The van der Waals surface area contributed by atoms with Crippen molar-refractivity contribution < 1.29 is 14.4 Å². The quantitative estimate of drug-likeness (QED) is 0.755. The van der Waals surface area contributed by atoms with Gasteiger partial charge < -0.3 is 10.2 Å². The molecule has 1 N–H and O–H groups in total. The van der Waals surface area contributed by atoms with Gasteiger partial charge in [-0.25, -0.2) is 0 Å². The number of anilines is 2. The molecule has 7 heteroatoms. The average Bonchev–Trinajstić information content (AvgIpc) is 2.93. The van der Waals surface area contributed by atoms with Crippen LogP contribution in [0, 0.1) is 13.8 Å². The van der Waals surface area contributed by atoms with Gasteiger partial charge >= 0.3 is 0 Å². The molecule has 0 radical (unpaired) electrons. The second kappa shape index (κ2) is 8.53. The Kier molecular flexibility index (Phi) is 6.08. The third-order valence-electron chi connectivity index (χ3n) is 4.76. The minimum Gasteiger partial charge on any atom is -0.378 e. The number of nitrogens with one attached hydrogen (secondary N) is 1. The number of aryl methyl sites for hydroxylation is 1. The van der Waals surface area contributed by atoms with Crippen molar-refractivity contribution in [3.05, 3.63) is 64.1 Å². The number of hydrogen-bond acceptors (Lipinski definition) is 5. The Morgan fingerprint density at radius 2 is 1.79 bits per heavy atom. The van der Waals surface area contributed by atoms with E-state index in [-0.39, 0.29) is 6.54 Å². The first-order valence-corrected chi connectivity index (χ1v) is 9.96. The monoisotopic (exact) mass is 409 g/mol. The lowest BCUT2D eigenvalue weighted by molar-refractivity contribution is -0.127. The maximum atomic E-state index is 12.6. The van der Waals surface area contributed by atoms with Crippen LogP contribution >= 0.6 is 11.8 Å². The molecule has 0 aliphatic carbocycles. The number of thioether (sulfide) groups is 1. The van der Waals surface area contributed by atoms with Crippen molar-refractivity contribution in [1.29, 1.82) is 0 Å². The van der Waals surface area contributed by atoms with Gasteiger partial charge in [0, 0.05) is 25.5 Å². The maximum absolute atomic E-state index is 12.6. The van der Waals surface area contributed by atoms with Gasteiger partial charge in [-0.05, 0) is 66.6 Å². The molecule has 0 bridgehead atoms. The zero-order valence-corrected chi connectivity index (χ0v) is 17.7. The van der Waals surface area contributed by atoms with Crippen LogP contribution in [-0.2, 0) is 9.59 Å². The van der Waals surface area contributed by atoms with Gasteiger partial charge in [0.05, 0.1) is 4.91 Å². The number of hydrogen-bond donors (Lipinski definition) is 1. The van der Waals surface area contributed by atoms with Crippen LogP contribution < -0.4 is 10.2 Å². The molecule has 0 aromatic heterocycles. The molecule has 0 saturated carbocycles. The van der Waals surface area contributed by atoms with Crippen molar-refractivity contribution in [3.63, 3.8) is 0 Å². The van der Waals surface area contributed by atoms with Crippen LogP contribution in [0.5, 0.6) is 0 Å². The molecule has 3 rings (SSSR count). The summed E-state index contributed by atoms with van der Waals surface area (Å²) in [4.78, 5) is 40.6. The Morgan fingerprint density at radius 3 is 2.45 bits per heavy atom. The van der Waals surface area contributed by atoms with Crippen molar-refractivity contribution in [2.45, 2.75) is 13.8 Å². The summed E-state index contributed by atoms with van der Waals surface area (Å²) in [6.07, 6.45) is 1.67. The number of imide groups is 1. The van der Waals surface area contributed by atoms with Crippen LogP contribution in [0.25, 0.3) is 6.08 Å². The van der Waals surface area contributed by atoms with Crippen LogP contribution in [0.3, 0.4) is 0 Å². The standard InChI is InChI=1S/C22H23N3O3S/c1-14-6-5-7-18(15(14)2)23-20(26)13-25-21(27)19(29-22(25)28)12-16-8-10-17(11-9-16)24(3)4/h5-12H,13H2,1-4H3,(H,23,26)/b19-12+. The summed E-state index contributed by atoms with van der Waals surface area (Å²) in [5, 5.41) is 2.34. The Hall–Kier alpha value is -3.06. The van der Waals surface area contributed by atoms with Gasteiger partial charge in [-0.15, -0.1) is 0 Å². The van der Waals surface area contributed by atoms with Crippen LogP contribution in [0.15, 0.2) is 47.4 Å². The first-order valence-electron chi connectivity index (χ1n) is 9.15. The fourth-order valence-electron chi connectivity index (χ4n) is 2.88. The van der Waals surface area contributed by atoms with E-state index in [2.05, 4.69) is 5.32 Å². The van der Waals surface area contributed by atoms with Crippen LogP contribution in [-0.4, -0.2) is 42.6 Å². The van der Waals surface area contributed by atoms with E-state index in [4.69, 9.17) is 0 Å². The van der Waals surface area contributed by atoms with Gasteiger partial charge in [0.15, 0.2) is 0 Å². The maximum Gasteiger partial charge on any atom is 0.294 e. The van der Waals surface area contributed by atoms with Crippen molar-refractivity contribution in [2.75, 3.05) is 30.9 Å². The third kappa shape index (κ3) is 4.68. The molecule has 2 aromatic carbocycles. The highest BCUT2D eigenvalue weighted by atomic mass is 32.2. The van der Waals surface area contributed by atoms with Crippen molar-refractivity contribution in [2.24, 2.45) is 0 Å². The molecule has 150 valence electrons. The fourth-order valence-corrected chi connectivity index (χ4v) is 3.71. The van der Waals surface area contributed by atoms with E-state index in [0.29, 0.717) is 10.6 Å². The van der Waals surface area contributed by atoms with E-state index in [1.165, 1.54) is 0 Å². The zero-order chi connectivity index (χ0) is 21.1. The summed E-state index contributed by atoms with van der Waals surface area (Å²) < 4.78 is 0. The molecule has 0 spiro atoms. The molecule has 1 saturated heterocycles. The van der Waals surface area contributed by atoms with E-state index >= 15 is 0 Å². The summed E-state index contributed by atoms with van der Waals surface area (Å²) in [6, 6.07) is 13.2. The number of nitrogens with zero attached hydrogens (tertiary/aromatic N) is 2. The molecule has 1 heterocycles. The highest BCUT2D eigenvalue weighted by Crippen LogP contribution is 2.32. The van der Waals surface area contributed by atoms with Gasteiger partial charge in [0.1, 0.15) is 6.54 Å². The highest BCUT2D eigenvalue weighted by Gasteiger charge is 2.36. The second-order valence-corrected chi connectivity index (χ2v) is 8.04. The van der Waals surface area contributed by atoms with Gasteiger partial charge in [0.25, 0.3) is 11.1 Å². The minimum atomic E-state index is -0.451. The summed E-state index contributed by atoms with van der Waals surface area (Å²) in [6.45, 7) is 3.56. The van der Waals surface area contributed by atoms with E-state index in [0.717, 1.165) is 39.0 Å². The molecule has 2 aromatic rings. The molecule has 29 heavy (non-hydrogen) atoms. The number of rotatable bonds is 5. The summed E-state index contributed by atoms with van der Waals surface area (Å²) >= 11 is 0.849. The summed E-state index contributed by atoms with van der Waals surface area (Å²) in [5.41, 5.74) is 4.55. The van der Waals surface area contributed by atoms with E-state index < -0.39 is 17.1 Å². The lowest BCUT2D eigenvalue weighted by Crippen LogP contribution is -2.36. The summed E-state index contributed by atoms with van der Waals surface area (Å²) in [7, 11) is 3.90. The Bertz CT molecular complexity index is 997. The molecule has 3 amide bonds. The molecule has 1 aliphatic heterocycles. The number of benzene rings is 2. The third-order valence-corrected chi connectivity index (χ3v) is 5.67. The minimum absolute atomic E-state index is 0.311. The normalized spacial score (nSPS) is 15.2. The molecular weight excluding hydrogens is 386 g/mol. The van der Waals surface area contributed by atoms with Crippen LogP contribution in [0.2, 0.25) is 0 Å². The molecule has 6 nitrogen and oxygen atoms in total. The number of carbonyl (C=O) groups is 3. The zero-order valence-electron chi connectivity index (χ0n) is 16.9. The molecule has 1 aliphatic rings. The summed E-state index contributed by atoms with van der Waals surface area (Å²) in [5.74, 6) is -0.856. The van der Waals surface area contributed by atoms with Gasteiger partial charge in [-0.3, -0.25) is 19.3 Å². The Morgan fingerprint density at radius 1 is 1.10 bits per heavy atom. The highest BCUT2D eigenvalue weighted by molar-refractivity contribution is 8.18. The van der Waals surface area contributed by atoms with Crippen molar-refractivity contribution in [1.82, 2.24) is 4.90 Å². The number of amides is 3. The lowest BCUT2D eigenvalue weighted by Gasteiger charge is -2.14. The van der Waals surface area contributed by atoms with Crippen LogP contribution in [0.1, 0.15) is 16.7 Å². The number of carbonyl (C=O) groups excluding carboxylic acids is 3. The largest absolute Gasteiger partial charge is 0.378 e.